The number of hydrogen-bond acceptors (Lipinski definition) is 6. The van der Waals surface area contributed by atoms with Crippen molar-refractivity contribution in [2.24, 2.45) is 0 Å². The fraction of sp³-hybridized carbons (Fsp3) is 0.259. The van der Waals surface area contributed by atoms with Gasteiger partial charge in [-0.05, 0) is 53.4 Å². The third-order valence-electron chi connectivity index (χ3n) is 5.93. The Balaban J connectivity index is 1.91. The number of carbonyl (C=O) groups is 2. The molecule has 4 rings (SSSR count). The minimum Gasteiger partial charge on any atom is -0.507 e. The van der Waals surface area contributed by atoms with Gasteiger partial charge in [0, 0.05) is 5.69 Å². The largest absolute Gasteiger partial charge is 0.507 e. The standard InChI is InChI=1S/C27H27NO6/c1-27(2,3)16-8-10-17(11-9-16)28-23(21-7-6-14-34-21)22(25(30)26(28)31)24(29)19-15-18(32-4)12-13-20(19)33-5/h6-15,23,29H,1-5H3/b24-22-. The Hall–Kier alpha value is -4.00. The molecular weight excluding hydrogens is 434 g/mol. The summed E-state index contributed by atoms with van der Waals surface area (Å²) in [4.78, 5) is 27.9. The average Bonchev–Trinajstić information content (AvgIpc) is 3.44. The van der Waals surface area contributed by atoms with Crippen LogP contribution in [0.5, 0.6) is 11.5 Å². The fourth-order valence-corrected chi connectivity index (χ4v) is 4.08. The van der Waals surface area contributed by atoms with Crippen LogP contribution < -0.4 is 14.4 Å². The van der Waals surface area contributed by atoms with Crippen LogP contribution in [0.15, 0.2) is 70.9 Å². The van der Waals surface area contributed by atoms with Crippen molar-refractivity contribution in [3.63, 3.8) is 0 Å². The van der Waals surface area contributed by atoms with Crippen LogP contribution in [0.2, 0.25) is 0 Å². The van der Waals surface area contributed by atoms with E-state index in [0.29, 0.717) is 22.9 Å². The molecule has 1 unspecified atom stereocenters. The molecule has 1 fully saturated rings. The molecule has 1 N–H and O–H groups in total. The molecule has 1 aliphatic heterocycles. The molecule has 7 nitrogen and oxygen atoms in total. The van der Waals surface area contributed by atoms with Crippen molar-refractivity contribution in [3.05, 3.63) is 83.3 Å². The van der Waals surface area contributed by atoms with E-state index in [0.717, 1.165) is 5.56 Å². The van der Waals surface area contributed by atoms with E-state index in [1.54, 1.807) is 42.5 Å². The van der Waals surface area contributed by atoms with Gasteiger partial charge in [0.2, 0.25) is 0 Å². The molecule has 0 saturated carbocycles. The van der Waals surface area contributed by atoms with Crippen LogP contribution in [0.4, 0.5) is 5.69 Å². The first-order valence-corrected chi connectivity index (χ1v) is 10.8. The summed E-state index contributed by atoms with van der Waals surface area (Å²) in [6, 6.07) is 14.7. The Bertz CT molecular complexity index is 1250. The highest BCUT2D eigenvalue weighted by Gasteiger charge is 2.48. The van der Waals surface area contributed by atoms with Crippen molar-refractivity contribution in [2.75, 3.05) is 19.1 Å². The first-order chi connectivity index (χ1) is 16.2. The van der Waals surface area contributed by atoms with Crippen LogP contribution in [0.25, 0.3) is 5.76 Å². The number of carbonyl (C=O) groups excluding carboxylic acids is 2. The maximum atomic E-state index is 13.3. The molecule has 1 atom stereocenters. The summed E-state index contributed by atoms with van der Waals surface area (Å²) in [7, 11) is 2.95. The van der Waals surface area contributed by atoms with Gasteiger partial charge in [-0.3, -0.25) is 14.5 Å². The monoisotopic (exact) mass is 461 g/mol. The minimum absolute atomic E-state index is 0.0734. The summed E-state index contributed by atoms with van der Waals surface area (Å²) < 4.78 is 16.3. The molecule has 3 aromatic rings. The van der Waals surface area contributed by atoms with Crippen LogP contribution >= 0.6 is 0 Å². The van der Waals surface area contributed by atoms with Gasteiger partial charge in [0.1, 0.15) is 29.1 Å². The molecule has 0 aliphatic carbocycles. The molecule has 2 heterocycles. The van der Waals surface area contributed by atoms with Gasteiger partial charge in [-0.2, -0.15) is 0 Å². The third-order valence-corrected chi connectivity index (χ3v) is 5.93. The zero-order chi connectivity index (χ0) is 24.6. The Morgan fingerprint density at radius 1 is 1.00 bits per heavy atom. The van der Waals surface area contributed by atoms with Crippen molar-refractivity contribution < 1.29 is 28.6 Å². The molecule has 2 aromatic carbocycles. The van der Waals surface area contributed by atoms with Gasteiger partial charge in [-0.25, -0.2) is 0 Å². The Labute approximate surface area is 198 Å². The van der Waals surface area contributed by atoms with E-state index in [1.165, 1.54) is 25.4 Å². The minimum atomic E-state index is -0.952. The number of aliphatic hydroxyl groups is 1. The normalized spacial score (nSPS) is 17.8. The summed E-state index contributed by atoms with van der Waals surface area (Å²) in [6.07, 6.45) is 1.46. The Morgan fingerprint density at radius 2 is 1.71 bits per heavy atom. The van der Waals surface area contributed by atoms with E-state index in [1.807, 2.05) is 12.1 Å². The number of rotatable bonds is 5. The van der Waals surface area contributed by atoms with Gasteiger partial charge in [-0.15, -0.1) is 0 Å². The van der Waals surface area contributed by atoms with E-state index in [9.17, 15) is 14.7 Å². The number of aliphatic hydroxyl groups excluding tert-OH is 1. The van der Waals surface area contributed by atoms with E-state index in [4.69, 9.17) is 13.9 Å². The highest BCUT2D eigenvalue weighted by Crippen LogP contribution is 2.44. The molecular formula is C27H27NO6. The lowest BCUT2D eigenvalue weighted by atomic mass is 9.87. The Kier molecular flexibility index (Phi) is 5.96. The lowest BCUT2D eigenvalue weighted by molar-refractivity contribution is -0.132. The summed E-state index contributed by atoms with van der Waals surface area (Å²) >= 11 is 0. The van der Waals surface area contributed by atoms with Crippen molar-refractivity contribution in [1.29, 1.82) is 0 Å². The van der Waals surface area contributed by atoms with Crippen molar-refractivity contribution in [3.8, 4) is 11.5 Å². The van der Waals surface area contributed by atoms with E-state index < -0.39 is 17.7 Å². The second kappa shape index (κ2) is 8.74. The summed E-state index contributed by atoms with van der Waals surface area (Å²) in [5, 5.41) is 11.3. The third kappa shape index (κ3) is 3.94. The summed E-state index contributed by atoms with van der Waals surface area (Å²) in [5.74, 6) is -0.801. The zero-order valence-electron chi connectivity index (χ0n) is 19.8. The number of methoxy groups -OCH3 is 2. The smallest absolute Gasteiger partial charge is 0.300 e. The maximum Gasteiger partial charge on any atom is 0.300 e. The second-order valence-electron chi connectivity index (χ2n) is 9.05. The van der Waals surface area contributed by atoms with Gasteiger partial charge in [0.05, 0.1) is 31.6 Å². The number of anilines is 1. The number of hydrogen-bond donors (Lipinski definition) is 1. The number of Topliss-reactive ketones (excluding diaryl/α,β-unsaturated/α-hetero) is 1. The van der Waals surface area contributed by atoms with E-state index >= 15 is 0 Å². The Morgan fingerprint density at radius 3 is 2.26 bits per heavy atom. The van der Waals surface area contributed by atoms with Gasteiger partial charge in [-0.1, -0.05) is 32.9 Å². The van der Waals surface area contributed by atoms with Crippen LogP contribution in [-0.2, 0) is 15.0 Å². The van der Waals surface area contributed by atoms with Crippen molar-refractivity contribution in [2.45, 2.75) is 32.2 Å². The van der Waals surface area contributed by atoms with Crippen LogP contribution in [0.1, 0.15) is 43.7 Å². The fourth-order valence-electron chi connectivity index (χ4n) is 4.08. The first kappa shape index (κ1) is 23.2. The number of ketones is 1. The molecule has 0 spiro atoms. The van der Waals surface area contributed by atoms with E-state index in [2.05, 4.69) is 20.8 Å². The molecule has 1 amide bonds. The molecule has 0 radical (unpaired) electrons. The number of benzene rings is 2. The number of furan rings is 1. The van der Waals surface area contributed by atoms with E-state index in [-0.39, 0.29) is 22.3 Å². The topological polar surface area (TPSA) is 89.2 Å². The average molecular weight is 462 g/mol. The highest BCUT2D eigenvalue weighted by atomic mass is 16.5. The van der Waals surface area contributed by atoms with Gasteiger partial charge < -0.3 is 19.0 Å². The molecule has 0 bridgehead atoms. The molecule has 176 valence electrons. The first-order valence-electron chi connectivity index (χ1n) is 10.8. The molecule has 1 saturated heterocycles. The van der Waals surface area contributed by atoms with Gasteiger partial charge >= 0.3 is 0 Å². The second-order valence-corrected chi connectivity index (χ2v) is 9.05. The molecule has 1 aromatic heterocycles. The van der Waals surface area contributed by atoms with Gasteiger partial charge in [0.25, 0.3) is 11.7 Å². The highest BCUT2D eigenvalue weighted by molar-refractivity contribution is 6.51. The predicted molar refractivity (Wildman–Crippen MR) is 128 cm³/mol. The molecule has 1 aliphatic rings. The van der Waals surface area contributed by atoms with Crippen LogP contribution in [0.3, 0.4) is 0 Å². The number of amides is 1. The summed E-state index contributed by atoms with van der Waals surface area (Å²) in [6.45, 7) is 6.29. The van der Waals surface area contributed by atoms with Crippen LogP contribution in [-0.4, -0.2) is 31.0 Å². The summed E-state index contributed by atoms with van der Waals surface area (Å²) in [5.41, 5.74) is 1.68. The lowest BCUT2D eigenvalue weighted by Crippen LogP contribution is -2.29. The van der Waals surface area contributed by atoms with Gasteiger partial charge in [0.15, 0.2) is 0 Å². The number of ether oxygens (including phenoxy) is 2. The zero-order valence-corrected chi connectivity index (χ0v) is 19.8. The quantitative estimate of drug-likeness (QED) is 0.318. The van der Waals surface area contributed by atoms with Crippen LogP contribution in [0, 0.1) is 0 Å². The van der Waals surface area contributed by atoms with Crippen molar-refractivity contribution >= 4 is 23.1 Å². The lowest BCUT2D eigenvalue weighted by Gasteiger charge is -2.25. The van der Waals surface area contributed by atoms with Crippen molar-refractivity contribution in [1.82, 2.24) is 0 Å². The maximum absolute atomic E-state index is 13.3. The molecule has 7 heteroatoms. The molecule has 34 heavy (non-hydrogen) atoms. The predicted octanol–water partition coefficient (Wildman–Crippen LogP) is 5.22. The number of nitrogens with zero attached hydrogens (tertiary/aromatic N) is 1. The SMILES string of the molecule is COc1ccc(OC)c(/C(O)=C2/C(=O)C(=O)N(c3ccc(C(C)(C)C)cc3)C2c2ccco2)c1.